The van der Waals surface area contributed by atoms with E-state index < -0.39 is 0 Å². The Morgan fingerprint density at radius 3 is 2.80 bits per heavy atom. The molecule has 0 unspecified atom stereocenters. The van der Waals surface area contributed by atoms with E-state index in [4.69, 9.17) is 9.15 Å². The Hall–Kier alpha value is -1.86. The molecule has 3 heterocycles. The molecule has 1 N–H and O–H groups in total. The van der Waals surface area contributed by atoms with Crippen LogP contribution in [-0.4, -0.2) is 66.5 Å². The number of nitrogens with one attached hydrogen (secondary N) is 1. The summed E-state index contributed by atoms with van der Waals surface area (Å²) in [6, 6.07) is 3.64. The second-order valence-corrected chi connectivity index (χ2v) is 7.38. The number of morpholine rings is 1. The summed E-state index contributed by atoms with van der Waals surface area (Å²) in [5, 5.41) is 3.04. The largest absolute Gasteiger partial charge is 0.467 e. The number of likely N-dealkylation sites (tertiary alicyclic amines) is 1. The van der Waals surface area contributed by atoms with Gasteiger partial charge in [-0.1, -0.05) is 0 Å². The van der Waals surface area contributed by atoms with Crippen LogP contribution in [0.4, 0.5) is 0 Å². The maximum absolute atomic E-state index is 12.5. The van der Waals surface area contributed by atoms with Crippen LogP contribution < -0.4 is 5.32 Å². The first-order chi connectivity index (χ1) is 12.0. The van der Waals surface area contributed by atoms with Gasteiger partial charge in [-0.05, 0) is 26.0 Å². The van der Waals surface area contributed by atoms with E-state index in [-0.39, 0.29) is 29.7 Å². The molecule has 3 rings (SSSR count). The number of carbonyl (C=O) groups excluding carboxylic acids is 2. The van der Waals surface area contributed by atoms with Gasteiger partial charge < -0.3 is 19.4 Å². The molecule has 1 aromatic rings. The third-order valence-electron chi connectivity index (χ3n) is 5.07. The fourth-order valence-electron chi connectivity index (χ4n) is 3.42. The Kier molecular flexibility index (Phi) is 5.44. The molecular weight excluding hydrogens is 322 g/mol. The normalized spacial score (nSPS) is 22.4. The van der Waals surface area contributed by atoms with E-state index in [1.165, 1.54) is 0 Å². The summed E-state index contributed by atoms with van der Waals surface area (Å²) in [4.78, 5) is 28.7. The molecule has 0 radical (unpaired) electrons. The Balaban J connectivity index is 1.49. The maximum atomic E-state index is 12.5. The van der Waals surface area contributed by atoms with E-state index in [0.717, 1.165) is 32.1 Å². The Labute approximate surface area is 148 Å². The van der Waals surface area contributed by atoms with Gasteiger partial charge in [0.15, 0.2) is 0 Å². The molecule has 0 saturated carbocycles. The van der Waals surface area contributed by atoms with Gasteiger partial charge in [-0.25, -0.2) is 0 Å². The number of rotatable bonds is 6. The van der Waals surface area contributed by atoms with Crippen molar-refractivity contribution in [1.82, 2.24) is 15.1 Å². The van der Waals surface area contributed by atoms with Crippen LogP contribution in [0.1, 0.15) is 26.0 Å². The molecule has 138 valence electrons. The van der Waals surface area contributed by atoms with Crippen LogP contribution in [-0.2, 0) is 20.9 Å². The zero-order chi connectivity index (χ0) is 17.9. The topological polar surface area (TPSA) is 75.0 Å². The summed E-state index contributed by atoms with van der Waals surface area (Å²) in [6.07, 6.45) is 1.86. The zero-order valence-electron chi connectivity index (χ0n) is 15.0. The van der Waals surface area contributed by atoms with Crippen molar-refractivity contribution in [3.8, 4) is 0 Å². The van der Waals surface area contributed by atoms with Crippen molar-refractivity contribution < 1.29 is 18.7 Å². The number of amides is 2. The van der Waals surface area contributed by atoms with Crippen LogP contribution in [0.15, 0.2) is 22.8 Å². The monoisotopic (exact) mass is 349 g/mol. The fourth-order valence-corrected chi connectivity index (χ4v) is 3.42. The Morgan fingerprint density at radius 1 is 1.36 bits per heavy atom. The molecule has 7 nitrogen and oxygen atoms in total. The Morgan fingerprint density at radius 2 is 2.12 bits per heavy atom. The molecule has 0 bridgehead atoms. The SMILES string of the molecule is CC(C)(CNC(=O)[C@@H]1CC(=O)N(Cc2ccco2)C1)N1CCOCC1. The van der Waals surface area contributed by atoms with E-state index in [1.807, 2.05) is 6.07 Å². The van der Waals surface area contributed by atoms with Gasteiger partial charge in [0.2, 0.25) is 11.8 Å². The molecule has 0 spiro atoms. The predicted octanol–water partition coefficient (Wildman–Crippen LogP) is 0.855. The smallest absolute Gasteiger partial charge is 0.225 e. The highest BCUT2D eigenvalue weighted by atomic mass is 16.5. The van der Waals surface area contributed by atoms with E-state index in [1.54, 1.807) is 17.2 Å². The molecule has 2 amide bonds. The van der Waals surface area contributed by atoms with Crippen LogP contribution in [0.25, 0.3) is 0 Å². The minimum atomic E-state index is -0.289. The molecule has 2 aliphatic heterocycles. The molecule has 2 aliphatic rings. The summed E-state index contributed by atoms with van der Waals surface area (Å²) in [5.74, 6) is 0.409. The van der Waals surface area contributed by atoms with E-state index in [9.17, 15) is 9.59 Å². The lowest BCUT2D eigenvalue weighted by Gasteiger charge is -2.41. The van der Waals surface area contributed by atoms with Gasteiger partial charge in [-0.2, -0.15) is 0 Å². The van der Waals surface area contributed by atoms with Gasteiger partial charge in [-0.3, -0.25) is 14.5 Å². The first-order valence-corrected chi connectivity index (χ1v) is 8.86. The van der Waals surface area contributed by atoms with Crippen LogP contribution in [0.2, 0.25) is 0 Å². The quantitative estimate of drug-likeness (QED) is 0.824. The van der Waals surface area contributed by atoms with Crippen molar-refractivity contribution in [2.45, 2.75) is 32.4 Å². The molecule has 1 atom stereocenters. The van der Waals surface area contributed by atoms with E-state index in [0.29, 0.717) is 19.6 Å². The molecule has 7 heteroatoms. The molecule has 25 heavy (non-hydrogen) atoms. The summed E-state index contributed by atoms with van der Waals surface area (Å²) >= 11 is 0. The van der Waals surface area contributed by atoms with Crippen molar-refractivity contribution in [2.75, 3.05) is 39.4 Å². The second-order valence-electron chi connectivity index (χ2n) is 7.38. The molecule has 2 fully saturated rings. The van der Waals surface area contributed by atoms with Crippen molar-refractivity contribution >= 4 is 11.8 Å². The summed E-state index contributed by atoms with van der Waals surface area (Å²) in [7, 11) is 0. The summed E-state index contributed by atoms with van der Waals surface area (Å²) in [6.45, 7) is 8.91. The lowest BCUT2D eigenvalue weighted by Crippen LogP contribution is -2.55. The molecule has 1 aromatic heterocycles. The van der Waals surface area contributed by atoms with Crippen LogP contribution >= 0.6 is 0 Å². The van der Waals surface area contributed by atoms with Gasteiger partial charge in [0.25, 0.3) is 0 Å². The van der Waals surface area contributed by atoms with Gasteiger partial charge in [0.1, 0.15) is 5.76 Å². The van der Waals surface area contributed by atoms with Gasteiger partial charge >= 0.3 is 0 Å². The number of furan rings is 1. The average molecular weight is 349 g/mol. The lowest BCUT2D eigenvalue weighted by molar-refractivity contribution is -0.129. The number of hydrogen-bond acceptors (Lipinski definition) is 5. The van der Waals surface area contributed by atoms with Gasteiger partial charge in [0, 0.05) is 38.1 Å². The predicted molar refractivity (Wildman–Crippen MR) is 91.7 cm³/mol. The van der Waals surface area contributed by atoms with Crippen molar-refractivity contribution in [3.63, 3.8) is 0 Å². The maximum Gasteiger partial charge on any atom is 0.225 e. The first kappa shape index (κ1) is 17.9. The Bertz CT molecular complexity index is 593. The highest BCUT2D eigenvalue weighted by molar-refractivity contribution is 5.89. The first-order valence-electron chi connectivity index (χ1n) is 8.86. The van der Waals surface area contributed by atoms with Crippen molar-refractivity contribution in [1.29, 1.82) is 0 Å². The zero-order valence-corrected chi connectivity index (χ0v) is 15.0. The van der Waals surface area contributed by atoms with E-state index >= 15 is 0 Å². The summed E-state index contributed by atoms with van der Waals surface area (Å²) in [5.41, 5.74) is -0.129. The fraction of sp³-hybridized carbons (Fsp3) is 0.667. The molecular formula is C18H27N3O4. The number of hydrogen-bond donors (Lipinski definition) is 1. The molecule has 0 aliphatic carbocycles. The standard InChI is InChI=1S/C18H27N3O4/c1-18(2,21-5-8-24-9-6-21)13-19-17(23)14-10-16(22)20(11-14)12-15-4-3-7-25-15/h3-4,7,14H,5-6,8-13H2,1-2H3,(H,19,23)/t14-/m1/s1. The van der Waals surface area contributed by atoms with Gasteiger partial charge in [0.05, 0.1) is 31.9 Å². The minimum Gasteiger partial charge on any atom is -0.467 e. The highest BCUT2D eigenvalue weighted by Gasteiger charge is 2.36. The number of ether oxygens (including phenoxy) is 1. The third kappa shape index (κ3) is 4.41. The highest BCUT2D eigenvalue weighted by Crippen LogP contribution is 2.21. The van der Waals surface area contributed by atoms with Crippen LogP contribution in [0, 0.1) is 5.92 Å². The number of nitrogens with zero attached hydrogens (tertiary/aromatic N) is 2. The van der Waals surface area contributed by atoms with Crippen LogP contribution in [0.3, 0.4) is 0 Å². The average Bonchev–Trinajstić information content (AvgIpc) is 3.24. The molecule has 2 saturated heterocycles. The van der Waals surface area contributed by atoms with Crippen LogP contribution in [0.5, 0.6) is 0 Å². The lowest BCUT2D eigenvalue weighted by atomic mass is 10.0. The van der Waals surface area contributed by atoms with E-state index in [2.05, 4.69) is 24.1 Å². The van der Waals surface area contributed by atoms with Crippen molar-refractivity contribution in [3.05, 3.63) is 24.2 Å². The van der Waals surface area contributed by atoms with Gasteiger partial charge in [-0.15, -0.1) is 0 Å². The second kappa shape index (κ2) is 7.58. The summed E-state index contributed by atoms with van der Waals surface area (Å²) < 4.78 is 10.7. The number of carbonyl (C=O) groups is 2. The van der Waals surface area contributed by atoms with Crippen molar-refractivity contribution in [2.24, 2.45) is 5.92 Å². The third-order valence-corrected chi connectivity index (χ3v) is 5.07. The molecule has 0 aromatic carbocycles. The minimum absolute atomic E-state index is 0.00369.